The smallest absolute Gasteiger partial charge is 0.435 e. The van der Waals surface area contributed by atoms with Gasteiger partial charge in [-0.15, -0.1) is 10.2 Å². The van der Waals surface area contributed by atoms with Gasteiger partial charge in [0, 0.05) is 11.5 Å². The summed E-state index contributed by atoms with van der Waals surface area (Å²) >= 11 is 0. The summed E-state index contributed by atoms with van der Waals surface area (Å²) in [6.07, 6.45) is -7.82. The fraction of sp³-hybridized carbons (Fsp3) is 0.682. The quantitative estimate of drug-likeness (QED) is 0.0382. The standard InChI is InChI=1S/C22H34N10O11S2/c23-16(18-25-7-31(29-18)20-14(37)12(35)10(5-33)42-20)27-9-40-1-3-44-45-4-2-41-22(39)28-17(24)19-26-8-32(30-19)21-15(38)13(36)11(6-34)43-21/h7-8,10-15,20-21,33-38H,1-6,9H2,(H2,23,27)(H2,24,28,39). The van der Waals surface area contributed by atoms with Crippen molar-refractivity contribution in [1.29, 1.82) is 0 Å². The van der Waals surface area contributed by atoms with Crippen molar-refractivity contribution < 1.29 is 54.4 Å². The van der Waals surface area contributed by atoms with E-state index >= 15 is 0 Å². The van der Waals surface area contributed by atoms with Crippen LogP contribution in [0.5, 0.6) is 0 Å². The van der Waals surface area contributed by atoms with Gasteiger partial charge in [-0.2, -0.15) is 4.99 Å². The minimum atomic E-state index is -1.36. The summed E-state index contributed by atoms with van der Waals surface area (Å²) in [5.41, 5.74) is 11.7. The molecule has 8 atom stereocenters. The Kier molecular flexibility index (Phi) is 12.8. The maximum absolute atomic E-state index is 12.0. The average molecular weight is 679 g/mol. The molecule has 8 unspecified atom stereocenters. The fourth-order valence-corrected chi connectivity index (χ4v) is 5.72. The Labute approximate surface area is 262 Å². The number of aliphatic hydroxyl groups excluding tert-OH is 6. The number of amidine groups is 2. The minimum Gasteiger partial charge on any atom is -0.447 e. The molecule has 4 heterocycles. The van der Waals surface area contributed by atoms with Crippen molar-refractivity contribution in [2.75, 3.05) is 44.7 Å². The molecule has 2 fully saturated rings. The number of nitrogens with two attached hydrogens (primary N) is 2. The lowest BCUT2D eigenvalue weighted by atomic mass is 10.1. The molecule has 23 heteroatoms. The number of hydrogen-bond donors (Lipinski definition) is 8. The lowest BCUT2D eigenvalue weighted by Crippen LogP contribution is -2.33. The largest absolute Gasteiger partial charge is 0.447 e. The van der Waals surface area contributed by atoms with Crippen LogP contribution in [0.4, 0.5) is 4.79 Å². The SMILES string of the molecule is N/C(=N\COCCSSCCOC(=O)/N=C(\N)c1ncn(C2OC(CO)C(O)C2O)n1)c1ncn(C2OC(CO)C(O)C2O)n1. The van der Waals surface area contributed by atoms with E-state index in [4.69, 9.17) is 30.4 Å². The zero-order valence-electron chi connectivity index (χ0n) is 23.5. The highest BCUT2D eigenvalue weighted by Gasteiger charge is 2.45. The van der Waals surface area contributed by atoms with Gasteiger partial charge in [-0.05, 0) is 0 Å². The molecule has 0 bridgehead atoms. The maximum Gasteiger partial charge on any atom is 0.435 e. The van der Waals surface area contributed by atoms with Crippen molar-refractivity contribution in [3.63, 3.8) is 0 Å². The average Bonchev–Trinajstić information content (AvgIpc) is 3.82. The highest BCUT2D eigenvalue weighted by Crippen LogP contribution is 2.29. The van der Waals surface area contributed by atoms with Gasteiger partial charge in [0.2, 0.25) is 11.6 Å². The van der Waals surface area contributed by atoms with Crippen LogP contribution < -0.4 is 11.5 Å². The molecule has 2 aromatic heterocycles. The van der Waals surface area contributed by atoms with Crippen LogP contribution in [-0.2, 0) is 18.9 Å². The summed E-state index contributed by atoms with van der Waals surface area (Å²) in [4.78, 5) is 27.5. The minimum absolute atomic E-state index is 0.00517. The number of aliphatic hydroxyl groups is 6. The van der Waals surface area contributed by atoms with Gasteiger partial charge in [0.1, 0.15) is 62.6 Å². The van der Waals surface area contributed by atoms with Gasteiger partial charge in [0.15, 0.2) is 24.1 Å². The van der Waals surface area contributed by atoms with Crippen molar-refractivity contribution in [3.05, 3.63) is 24.3 Å². The molecule has 4 rings (SSSR count). The predicted molar refractivity (Wildman–Crippen MR) is 155 cm³/mol. The molecule has 250 valence electrons. The van der Waals surface area contributed by atoms with Crippen molar-refractivity contribution >= 4 is 39.4 Å². The summed E-state index contributed by atoms with van der Waals surface area (Å²) in [5, 5.41) is 66.4. The monoisotopic (exact) mass is 678 g/mol. The van der Waals surface area contributed by atoms with Crippen LogP contribution in [0.1, 0.15) is 24.1 Å². The predicted octanol–water partition coefficient (Wildman–Crippen LogP) is -4.30. The van der Waals surface area contributed by atoms with E-state index in [9.17, 15) is 35.4 Å². The molecule has 0 saturated carbocycles. The van der Waals surface area contributed by atoms with Crippen LogP contribution in [0.15, 0.2) is 22.6 Å². The third-order valence-corrected chi connectivity index (χ3v) is 8.69. The Morgan fingerprint density at radius 1 is 0.844 bits per heavy atom. The van der Waals surface area contributed by atoms with E-state index in [1.54, 1.807) is 0 Å². The van der Waals surface area contributed by atoms with Gasteiger partial charge in [0.05, 0.1) is 19.8 Å². The number of carbonyl (C=O) groups excluding carboxylic acids is 1. The lowest BCUT2D eigenvalue weighted by Gasteiger charge is -2.13. The Morgan fingerprint density at radius 2 is 1.36 bits per heavy atom. The molecule has 10 N–H and O–H groups in total. The molecule has 0 aliphatic carbocycles. The summed E-state index contributed by atoms with van der Waals surface area (Å²) in [6.45, 7) is -0.610. The van der Waals surface area contributed by atoms with Gasteiger partial charge < -0.3 is 61.1 Å². The Balaban J connectivity index is 1.07. The van der Waals surface area contributed by atoms with Crippen LogP contribution in [0, 0.1) is 0 Å². The van der Waals surface area contributed by atoms with Crippen LogP contribution in [0.25, 0.3) is 0 Å². The second-order valence-corrected chi connectivity index (χ2v) is 12.1. The number of aromatic nitrogens is 6. The summed E-state index contributed by atoms with van der Waals surface area (Å²) in [5.74, 6) is 0.677. The second-order valence-electron chi connectivity index (χ2n) is 9.39. The number of hydrogen-bond acceptors (Lipinski definition) is 18. The molecule has 0 spiro atoms. The molecule has 2 saturated heterocycles. The van der Waals surface area contributed by atoms with E-state index < -0.39 is 68.4 Å². The first kappa shape index (κ1) is 34.9. The van der Waals surface area contributed by atoms with Crippen LogP contribution in [-0.4, -0.2) is 159 Å². The number of rotatable bonds is 15. The molecule has 2 aromatic rings. The maximum atomic E-state index is 12.0. The topological polar surface area (TPSA) is 314 Å². The third-order valence-electron chi connectivity index (χ3n) is 6.36. The lowest BCUT2D eigenvalue weighted by molar-refractivity contribution is -0.0588. The molecular formula is C22H34N10O11S2. The highest BCUT2D eigenvalue weighted by molar-refractivity contribution is 8.76. The zero-order chi connectivity index (χ0) is 32.5. The van der Waals surface area contributed by atoms with Crippen LogP contribution in [0.2, 0.25) is 0 Å². The Hall–Kier alpha value is -2.97. The number of aliphatic imine (C=N–C) groups is 2. The fourth-order valence-electron chi connectivity index (χ4n) is 4.03. The number of nitrogens with zero attached hydrogens (tertiary/aromatic N) is 8. The molecule has 2 aliphatic rings. The first-order chi connectivity index (χ1) is 21.6. The number of carbonyl (C=O) groups is 1. The third kappa shape index (κ3) is 8.85. The van der Waals surface area contributed by atoms with Gasteiger partial charge in [-0.1, -0.05) is 21.6 Å². The van der Waals surface area contributed by atoms with Gasteiger partial charge in [0.25, 0.3) is 0 Å². The van der Waals surface area contributed by atoms with Crippen LogP contribution >= 0.6 is 21.6 Å². The molecule has 0 aromatic carbocycles. The van der Waals surface area contributed by atoms with Crippen molar-refractivity contribution in [3.8, 4) is 0 Å². The Bertz CT molecular complexity index is 1320. The molecular weight excluding hydrogens is 644 g/mol. The van der Waals surface area contributed by atoms with Gasteiger partial charge in [-0.3, -0.25) is 0 Å². The summed E-state index contributed by atoms with van der Waals surface area (Å²) < 4.78 is 23.4. The van der Waals surface area contributed by atoms with Gasteiger partial charge >= 0.3 is 6.09 Å². The van der Waals surface area contributed by atoms with E-state index in [0.29, 0.717) is 18.1 Å². The first-order valence-corrected chi connectivity index (χ1v) is 15.8. The van der Waals surface area contributed by atoms with Gasteiger partial charge in [-0.25, -0.2) is 29.1 Å². The summed E-state index contributed by atoms with van der Waals surface area (Å²) in [6, 6.07) is 0. The Morgan fingerprint density at radius 3 is 1.87 bits per heavy atom. The highest BCUT2D eigenvalue weighted by atomic mass is 33.1. The zero-order valence-corrected chi connectivity index (χ0v) is 25.1. The van der Waals surface area contributed by atoms with Crippen molar-refractivity contribution in [2.24, 2.45) is 21.5 Å². The second kappa shape index (κ2) is 16.5. The number of amides is 1. The molecule has 1 amide bonds. The van der Waals surface area contributed by atoms with Crippen LogP contribution in [0.3, 0.4) is 0 Å². The van der Waals surface area contributed by atoms with E-state index in [1.807, 2.05) is 0 Å². The van der Waals surface area contributed by atoms with E-state index in [1.165, 1.54) is 38.9 Å². The number of ether oxygens (including phenoxy) is 4. The molecule has 2 aliphatic heterocycles. The molecule has 0 radical (unpaired) electrons. The van der Waals surface area contributed by atoms with E-state index in [0.717, 1.165) is 4.68 Å². The first-order valence-electron chi connectivity index (χ1n) is 13.4. The molecule has 45 heavy (non-hydrogen) atoms. The normalized spacial score (nSPS) is 29.0. The van der Waals surface area contributed by atoms with Crippen molar-refractivity contribution in [2.45, 2.75) is 49.1 Å². The summed E-state index contributed by atoms with van der Waals surface area (Å²) in [7, 11) is 2.91. The van der Waals surface area contributed by atoms with Crippen molar-refractivity contribution in [1.82, 2.24) is 29.5 Å². The molecule has 21 nitrogen and oxygen atoms in total. The van der Waals surface area contributed by atoms with E-state index in [-0.39, 0.29) is 36.7 Å². The van der Waals surface area contributed by atoms with E-state index in [2.05, 4.69) is 30.2 Å².